The molecule has 27 heavy (non-hydrogen) atoms. The van der Waals surface area contributed by atoms with Gasteiger partial charge in [0.25, 0.3) is 5.91 Å². The van der Waals surface area contributed by atoms with E-state index in [-0.39, 0.29) is 18.6 Å². The summed E-state index contributed by atoms with van der Waals surface area (Å²) in [4.78, 5) is 12.5. The molecule has 1 amide bonds. The van der Waals surface area contributed by atoms with Crippen molar-refractivity contribution in [3.63, 3.8) is 0 Å². The predicted octanol–water partition coefficient (Wildman–Crippen LogP) is 4.17. The van der Waals surface area contributed by atoms with E-state index in [0.29, 0.717) is 22.6 Å². The molecule has 0 radical (unpaired) electrons. The molecule has 2 aromatic carbocycles. The fourth-order valence-electron chi connectivity index (χ4n) is 2.53. The van der Waals surface area contributed by atoms with Crippen molar-refractivity contribution in [1.29, 1.82) is 5.26 Å². The average molecular weight is 360 g/mol. The summed E-state index contributed by atoms with van der Waals surface area (Å²) in [7, 11) is 0. The summed E-state index contributed by atoms with van der Waals surface area (Å²) in [5.74, 6) is 0.328. The van der Waals surface area contributed by atoms with Gasteiger partial charge in [0.15, 0.2) is 0 Å². The molecule has 0 aliphatic carbocycles. The van der Waals surface area contributed by atoms with Gasteiger partial charge in [-0.05, 0) is 38.1 Å². The van der Waals surface area contributed by atoms with Crippen LogP contribution < -0.4 is 10.1 Å². The number of amides is 1. The van der Waals surface area contributed by atoms with Gasteiger partial charge in [-0.2, -0.15) is 10.4 Å². The third-order valence-corrected chi connectivity index (χ3v) is 4.02. The van der Waals surface area contributed by atoms with Gasteiger partial charge in [0.1, 0.15) is 12.4 Å². The molecule has 0 bridgehead atoms. The van der Waals surface area contributed by atoms with Gasteiger partial charge in [-0.15, -0.1) is 0 Å². The first-order valence-electron chi connectivity index (χ1n) is 8.63. The van der Waals surface area contributed by atoms with E-state index < -0.39 is 0 Å². The molecule has 1 heterocycles. The van der Waals surface area contributed by atoms with E-state index in [9.17, 15) is 4.79 Å². The zero-order valence-corrected chi connectivity index (χ0v) is 15.2. The number of carbonyl (C=O) groups excluding carboxylic acids is 1. The van der Waals surface area contributed by atoms with Crippen molar-refractivity contribution < 1.29 is 9.53 Å². The topological polar surface area (TPSA) is 79.9 Å². The van der Waals surface area contributed by atoms with Crippen LogP contribution >= 0.6 is 0 Å². The molecule has 0 aliphatic rings. The maximum atomic E-state index is 12.5. The Morgan fingerprint density at radius 3 is 2.81 bits per heavy atom. The quantitative estimate of drug-likeness (QED) is 0.715. The third kappa shape index (κ3) is 4.53. The number of rotatable bonds is 6. The minimum atomic E-state index is -0.235. The first-order chi connectivity index (χ1) is 13.1. The van der Waals surface area contributed by atoms with E-state index in [0.717, 1.165) is 5.56 Å². The zero-order chi connectivity index (χ0) is 19.2. The number of hydrogen-bond donors (Lipinski definition) is 1. The van der Waals surface area contributed by atoms with Gasteiger partial charge in [0.2, 0.25) is 0 Å². The summed E-state index contributed by atoms with van der Waals surface area (Å²) in [6.07, 6.45) is 3.42. The number of ether oxygens (including phenoxy) is 1. The number of nitrogens with zero attached hydrogens (tertiary/aromatic N) is 3. The van der Waals surface area contributed by atoms with Gasteiger partial charge in [0, 0.05) is 23.4 Å². The van der Waals surface area contributed by atoms with Crippen molar-refractivity contribution >= 4 is 11.6 Å². The van der Waals surface area contributed by atoms with Gasteiger partial charge in [-0.25, -0.2) is 0 Å². The van der Waals surface area contributed by atoms with Crippen molar-refractivity contribution in [2.75, 3.05) is 5.32 Å². The van der Waals surface area contributed by atoms with Crippen molar-refractivity contribution in [3.05, 3.63) is 77.6 Å². The smallest absolute Gasteiger partial charge is 0.255 e. The van der Waals surface area contributed by atoms with Gasteiger partial charge in [0.05, 0.1) is 23.5 Å². The number of nitrogens with one attached hydrogen (secondary N) is 1. The lowest BCUT2D eigenvalue weighted by molar-refractivity contribution is 0.102. The highest BCUT2D eigenvalue weighted by Gasteiger charge is 2.10. The Bertz CT molecular complexity index is 986. The Labute approximate surface area is 158 Å². The number of anilines is 1. The number of benzene rings is 2. The van der Waals surface area contributed by atoms with Crippen LogP contribution in [-0.2, 0) is 6.61 Å². The molecular weight excluding hydrogens is 340 g/mol. The minimum absolute atomic E-state index is 0.226. The Morgan fingerprint density at radius 1 is 1.26 bits per heavy atom. The molecule has 1 N–H and O–H groups in total. The van der Waals surface area contributed by atoms with Crippen LogP contribution in [0.4, 0.5) is 5.69 Å². The van der Waals surface area contributed by atoms with Gasteiger partial charge in [-0.3, -0.25) is 9.48 Å². The highest BCUT2D eigenvalue weighted by molar-refractivity contribution is 6.04. The molecule has 0 aliphatic heterocycles. The summed E-state index contributed by atoms with van der Waals surface area (Å²) >= 11 is 0. The fourth-order valence-corrected chi connectivity index (χ4v) is 2.53. The van der Waals surface area contributed by atoms with Crippen molar-refractivity contribution in [3.8, 4) is 11.8 Å². The molecule has 0 saturated heterocycles. The van der Waals surface area contributed by atoms with E-state index in [1.54, 1.807) is 47.4 Å². The minimum Gasteiger partial charge on any atom is -0.489 e. The number of carbonyl (C=O) groups is 1. The summed E-state index contributed by atoms with van der Waals surface area (Å²) in [5, 5.41) is 16.2. The molecule has 0 spiro atoms. The Hall–Kier alpha value is -3.59. The van der Waals surface area contributed by atoms with Crippen LogP contribution in [0.5, 0.6) is 5.75 Å². The summed E-state index contributed by atoms with van der Waals surface area (Å²) < 4.78 is 7.54. The third-order valence-electron chi connectivity index (χ3n) is 4.02. The van der Waals surface area contributed by atoms with Crippen molar-refractivity contribution in [2.45, 2.75) is 26.5 Å². The fraction of sp³-hybridized carbons (Fsp3) is 0.190. The normalized spacial score (nSPS) is 10.4. The lowest BCUT2D eigenvalue weighted by Crippen LogP contribution is -2.11. The molecule has 0 unspecified atom stereocenters. The van der Waals surface area contributed by atoms with E-state index in [1.807, 2.05) is 32.0 Å². The maximum Gasteiger partial charge on any atom is 0.255 e. The number of nitriles is 1. The van der Waals surface area contributed by atoms with Crippen LogP contribution in [0.3, 0.4) is 0 Å². The standard InChI is InChI=1S/C21H20N4O2/c1-15(2)25-13-19(12-23-25)24-21(26)16-8-5-9-20(10-16)27-14-18-7-4-3-6-17(18)11-22/h3-10,12-13,15H,14H2,1-2H3,(H,24,26). The van der Waals surface area contributed by atoms with E-state index in [2.05, 4.69) is 16.5 Å². The predicted molar refractivity (Wildman–Crippen MR) is 102 cm³/mol. The molecular formula is C21H20N4O2. The largest absolute Gasteiger partial charge is 0.489 e. The second-order valence-corrected chi connectivity index (χ2v) is 6.34. The number of hydrogen-bond acceptors (Lipinski definition) is 4. The number of aromatic nitrogens is 2. The van der Waals surface area contributed by atoms with Crippen LogP contribution in [0, 0.1) is 11.3 Å². The van der Waals surface area contributed by atoms with Crippen LogP contribution in [0.15, 0.2) is 60.9 Å². The van der Waals surface area contributed by atoms with Crippen molar-refractivity contribution in [2.24, 2.45) is 0 Å². The lowest BCUT2D eigenvalue weighted by atomic mass is 10.1. The summed E-state index contributed by atoms with van der Waals surface area (Å²) in [6, 6.07) is 16.6. The summed E-state index contributed by atoms with van der Waals surface area (Å²) in [5.41, 5.74) is 2.51. The van der Waals surface area contributed by atoms with Crippen molar-refractivity contribution in [1.82, 2.24) is 9.78 Å². The Kier molecular flexibility index (Phi) is 5.53. The molecule has 0 saturated carbocycles. The van der Waals surface area contributed by atoms with Gasteiger partial charge in [-0.1, -0.05) is 24.3 Å². The van der Waals surface area contributed by atoms with E-state index >= 15 is 0 Å². The van der Waals surface area contributed by atoms with Crippen LogP contribution in [0.2, 0.25) is 0 Å². The van der Waals surface area contributed by atoms with Gasteiger partial charge >= 0.3 is 0 Å². The summed E-state index contributed by atoms with van der Waals surface area (Å²) in [6.45, 7) is 4.30. The molecule has 0 fully saturated rings. The first-order valence-corrected chi connectivity index (χ1v) is 8.63. The first kappa shape index (κ1) is 18.2. The van der Waals surface area contributed by atoms with Crippen LogP contribution in [-0.4, -0.2) is 15.7 Å². The van der Waals surface area contributed by atoms with Gasteiger partial charge < -0.3 is 10.1 Å². The highest BCUT2D eigenvalue weighted by atomic mass is 16.5. The second kappa shape index (κ2) is 8.19. The monoisotopic (exact) mass is 360 g/mol. The van der Waals surface area contributed by atoms with E-state index in [4.69, 9.17) is 10.00 Å². The highest BCUT2D eigenvalue weighted by Crippen LogP contribution is 2.18. The zero-order valence-electron chi connectivity index (χ0n) is 15.2. The Morgan fingerprint density at radius 2 is 2.07 bits per heavy atom. The SMILES string of the molecule is CC(C)n1cc(NC(=O)c2cccc(OCc3ccccc3C#N)c2)cn1. The Balaban J connectivity index is 1.67. The molecule has 136 valence electrons. The second-order valence-electron chi connectivity index (χ2n) is 6.34. The van der Waals surface area contributed by atoms with Crippen LogP contribution in [0.1, 0.15) is 41.4 Å². The average Bonchev–Trinajstić information content (AvgIpc) is 3.15. The molecule has 1 aromatic heterocycles. The molecule has 3 rings (SSSR count). The lowest BCUT2D eigenvalue weighted by Gasteiger charge is -2.09. The van der Waals surface area contributed by atoms with Crippen LogP contribution in [0.25, 0.3) is 0 Å². The maximum absolute atomic E-state index is 12.5. The molecule has 3 aromatic rings. The van der Waals surface area contributed by atoms with E-state index in [1.165, 1.54) is 0 Å². The molecule has 6 nitrogen and oxygen atoms in total. The molecule has 0 atom stereocenters. The molecule has 6 heteroatoms.